The van der Waals surface area contributed by atoms with Gasteiger partial charge in [-0.3, -0.25) is 9.59 Å². The fourth-order valence-corrected chi connectivity index (χ4v) is 3.97. The predicted molar refractivity (Wildman–Crippen MR) is 120 cm³/mol. The summed E-state index contributed by atoms with van der Waals surface area (Å²) >= 11 is 0. The fourth-order valence-electron chi connectivity index (χ4n) is 3.97. The molecule has 0 atom stereocenters. The molecule has 1 saturated heterocycles. The van der Waals surface area contributed by atoms with Crippen LogP contribution < -0.4 is 10.2 Å². The zero-order chi connectivity index (χ0) is 21.6. The average molecular weight is 418 g/mol. The highest BCUT2D eigenvalue weighted by Gasteiger charge is 2.25. The van der Waals surface area contributed by atoms with Crippen molar-refractivity contribution >= 4 is 17.5 Å². The van der Waals surface area contributed by atoms with Gasteiger partial charge in [-0.1, -0.05) is 30.3 Å². The van der Waals surface area contributed by atoms with Crippen LogP contribution in [0.2, 0.25) is 0 Å². The molecule has 6 heteroatoms. The Morgan fingerprint density at radius 2 is 1.71 bits per heavy atom. The van der Waals surface area contributed by atoms with E-state index in [0.717, 1.165) is 37.4 Å². The Morgan fingerprint density at radius 1 is 1.00 bits per heavy atom. The molecule has 31 heavy (non-hydrogen) atoms. The van der Waals surface area contributed by atoms with Gasteiger partial charge in [0.25, 0.3) is 11.8 Å². The van der Waals surface area contributed by atoms with E-state index in [9.17, 15) is 9.59 Å². The van der Waals surface area contributed by atoms with Crippen molar-refractivity contribution in [2.45, 2.75) is 25.4 Å². The smallest absolute Gasteiger partial charge is 0.256 e. The molecule has 0 saturated carbocycles. The van der Waals surface area contributed by atoms with E-state index >= 15 is 0 Å². The average Bonchev–Trinajstić information content (AvgIpc) is 3.33. The number of carbonyl (C=O) groups is 2. The van der Waals surface area contributed by atoms with Crippen LogP contribution in [0.15, 0.2) is 77.4 Å². The Bertz CT molecular complexity index is 1010. The third-order valence-corrected chi connectivity index (χ3v) is 5.66. The molecule has 2 heterocycles. The van der Waals surface area contributed by atoms with Crippen molar-refractivity contribution in [1.82, 2.24) is 10.2 Å². The minimum absolute atomic E-state index is 0.0332. The number of benzene rings is 2. The molecule has 1 N–H and O–H groups in total. The van der Waals surface area contributed by atoms with E-state index in [1.54, 1.807) is 18.2 Å². The van der Waals surface area contributed by atoms with Gasteiger partial charge < -0.3 is 19.5 Å². The number of nitrogens with one attached hydrogen (secondary N) is 1. The highest BCUT2D eigenvalue weighted by molar-refractivity contribution is 5.99. The van der Waals surface area contributed by atoms with Crippen LogP contribution in [0, 0.1) is 0 Å². The lowest BCUT2D eigenvalue weighted by Crippen LogP contribution is -2.45. The predicted octanol–water partition coefficient (Wildman–Crippen LogP) is 3.95. The van der Waals surface area contributed by atoms with E-state index in [1.807, 2.05) is 66.7 Å². The van der Waals surface area contributed by atoms with E-state index < -0.39 is 0 Å². The summed E-state index contributed by atoms with van der Waals surface area (Å²) in [7, 11) is 1.78. The molecule has 0 bridgehead atoms. The summed E-state index contributed by atoms with van der Waals surface area (Å²) in [6.45, 7) is 1.99. The number of carbonyl (C=O) groups excluding carboxylic acids is 2. The SMILES string of the molecule is CN(Cc1ccco1)C(=O)c1ccccc1N1CCC(NC(=O)c2ccccc2)CC1. The maximum atomic E-state index is 13.1. The largest absolute Gasteiger partial charge is 0.467 e. The number of furan rings is 1. The highest BCUT2D eigenvalue weighted by Crippen LogP contribution is 2.26. The molecular formula is C25H27N3O3. The summed E-state index contributed by atoms with van der Waals surface area (Å²) in [5, 5.41) is 3.14. The lowest BCUT2D eigenvalue weighted by molar-refractivity contribution is 0.0776. The standard InChI is InChI=1S/C25H27N3O3/c1-27(18-21-10-7-17-31-21)25(30)22-11-5-6-12-23(22)28-15-13-20(14-16-28)26-24(29)19-8-3-2-4-9-19/h2-12,17,20H,13-16,18H2,1H3,(H,26,29). The van der Waals surface area contributed by atoms with Crippen molar-refractivity contribution < 1.29 is 14.0 Å². The zero-order valence-corrected chi connectivity index (χ0v) is 17.7. The first kappa shape index (κ1) is 20.7. The zero-order valence-electron chi connectivity index (χ0n) is 17.7. The second kappa shape index (κ2) is 9.51. The quantitative estimate of drug-likeness (QED) is 0.660. The number of hydrogen-bond donors (Lipinski definition) is 1. The molecule has 0 unspecified atom stereocenters. The molecule has 3 aromatic rings. The molecule has 1 aliphatic rings. The first-order valence-corrected chi connectivity index (χ1v) is 10.6. The Hall–Kier alpha value is -3.54. The molecule has 1 fully saturated rings. The van der Waals surface area contributed by atoms with E-state index in [1.165, 1.54) is 0 Å². The number of rotatable bonds is 6. The third kappa shape index (κ3) is 4.97. The minimum Gasteiger partial charge on any atom is -0.467 e. The lowest BCUT2D eigenvalue weighted by atomic mass is 10.0. The van der Waals surface area contributed by atoms with Gasteiger partial charge in [0.15, 0.2) is 0 Å². The first-order valence-electron chi connectivity index (χ1n) is 10.6. The summed E-state index contributed by atoms with van der Waals surface area (Å²) in [5.74, 6) is 0.684. The third-order valence-electron chi connectivity index (χ3n) is 5.66. The molecule has 1 aromatic heterocycles. The molecular weight excluding hydrogens is 390 g/mol. The van der Waals surface area contributed by atoms with Crippen LogP contribution in [0.3, 0.4) is 0 Å². The Labute approximate surface area is 182 Å². The van der Waals surface area contributed by atoms with Gasteiger partial charge >= 0.3 is 0 Å². The van der Waals surface area contributed by atoms with Crippen LogP contribution in [0.1, 0.15) is 39.3 Å². The van der Waals surface area contributed by atoms with E-state index in [0.29, 0.717) is 17.7 Å². The van der Waals surface area contributed by atoms with E-state index in [-0.39, 0.29) is 17.9 Å². The van der Waals surface area contributed by atoms with Gasteiger partial charge in [0.1, 0.15) is 5.76 Å². The highest BCUT2D eigenvalue weighted by atomic mass is 16.3. The van der Waals surface area contributed by atoms with Crippen molar-refractivity contribution in [2.24, 2.45) is 0 Å². The van der Waals surface area contributed by atoms with Crippen LogP contribution >= 0.6 is 0 Å². The van der Waals surface area contributed by atoms with Gasteiger partial charge in [0.05, 0.1) is 18.4 Å². The molecule has 6 nitrogen and oxygen atoms in total. The monoisotopic (exact) mass is 417 g/mol. The fraction of sp³-hybridized carbons (Fsp3) is 0.280. The molecule has 0 spiro atoms. The van der Waals surface area contributed by atoms with Gasteiger partial charge in [-0.25, -0.2) is 0 Å². The first-order chi connectivity index (χ1) is 15.1. The van der Waals surface area contributed by atoms with Gasteiger partial charge in [-0.2, -0.15) is 0 Å². The lowest BCUT2D eigenvalue weighted by Gasteiger charge is -2.35. The maximum absolute atomic E-state index is 13.1. The summed E-state index contributed by atoms with van der Waals surface area (Å²) in [6, 6.07) is 20.8. The summed E-state index contributed by atoms with van der Waals surface area (Å²) in [4.78, 5) is 29.4. The Balaban J connectivity index is 1.38. The Morgan fingerprint density at radius 3 is 2.42 bits per heavy atom. The number of nitrogens with zero attached hydrogens (tertiary/aromatic N) is 2. The van der Waals surface area contributed by atoms with E-state index in [4.69, 9.17) is 4.42 Å². The van der Waals surface area contributed by atoms with Crippen LogP contribution in [-0.4, -0.2) is 42.9 Å². The van der Waals surface area contributed by atoms with Crippen molar-refractivity contribution in [3.63, 3.8) is 0 Å². The molecule has 0 radical (unpaired) electrons. The van der Waals surface area contributed by atoms with Gasteiger partial charge in [-0.15, -0.1) is 0 Å². The maximum Gasteiger partial charge on any atom is 0.256 e. The summed E-state index contributed by atoms with van der Waals surface area (Å²) < 4.78 is 5.37. The van der Waals surface area contributed by atoms with Gasteiger partial charge in [-0.05, 0) is 49.2 Å². The minimum atomic E-state index is -0.0356. The number of piperidine rings is 1. The van der Waals surface area contributed by atoms with Crippen molar-refractivity contribution in [3.8, 4) is 0 Å². The topological polar surface area (TPSA) is 65.8 Å². The molecule has 2 amide bonds. The van der Waals surface area contributed by atoms with Crippen LogP contribution in [0.25, 0.3) is 0 Å². The summed E-state index contributed by atoms with van der Waals surface area (Å²) in [6.07, 6.45) is 3.29. The van der Waals surface area contributed by atoms with Gasteiger partial charge in [0.2, 0.25) is 0 Å². The van der Waals surface area contributed by atoms with Gasteiger partial charge in [0, 0.05) is 37.4 Å². The number of amides is 2. The van der Waals surface area contributed by atoms with Crippen molar-refractivity contribution in [1.29, 1.82) is 0 Å². The van der Waals surface area contributed by atoms with Crippen LogP contribution in [0.4, 0.5) is 5.69 Å². The van der Waals surface area contributed by atoms with Crippen LogP contribution in [0.5, 0.6) is 0 Å². The second-order valence-corrected chi connectivity index (χ2v) is 7.86. The number of anilines is 1. The molecule has 160 valence electrons. The molecule has 0 aliphatic carbocycles. The normalized spacial score (nSPS) is 14.3. The second-order valence-electron chi connectivity index (χ2n) is 7.86. The molecule has 1 aliphatic heterocycles. The summed E-state index contributed by atoms with van der Waals surface area (Å²) in [5.41, 5.74) is 2.30. The van der Waals surface area contributed by atoms with E-state index in [2.05, 4.69) is 10.2 Å². The Kier molecular flexibility index (Phi) is 6.36. The molecule has 4 rings (SSSR count). The number of hydrogen-bond acceptors (Lipinski definition) is 4. The van der Waals surface area contributed by atoms with Crippen molar-refractivity contribution in [3.05, 3.63) is 89.9 Å². The van der Waals surface area contributed by atoms with Crippen molar-refractivity contribution in [2.75, 3.05) is 25.0 Å². The molecule has 2 aromatic carbocycles. The number of para-hydroxylation sites is 1. The van der Waals surface area contributed by atoms with Crippen LogP contribution in [-0.2, 0) is 6.54 Å².